The Labute approximate surface area is 128 Å². The van der Waals surface area contributed by atoms with Gasteiger partial charge < -0.3 is 5.11 Å². The highest BCUT2D eigenvalue weighted by molar-refractivity contribution is 6.36. The van der Waals surface area contributed by atoms with E-state index in [1.54, 1.807) is 20.8 Å². The summed E-state index contributed by atoms with van der Waals surface area (Å²) in [5.41, 5.74) is -0.825. The van der Waals surface area contributed by atoms with Gasteiger partial charge >= 0.3 is 0 Å². The van der Waals surface area contributed by atoms with Crippen molar-refractivity contribution in [3.8, 4) is 0 Å². The lowest BCUT2D eigenvalue weighted by Crippen LogP contribution is -2.26. The lowest BCUT2D eigenvalue weighted by molar-refractivity contribution is -0.125. The van der Waals surface area contributed by atoms with Crippen LogP contribution in [0.4, 0.5) is 0 Å². The second-order valence-electron chi connectivity index (χ2n) is 5.48. The molecule has 0 aliphatic heterocycles. The van der Waals surface area contributed by atoms with E-state index in [2.05, 4.69) is 0 Å². The van der Waals surface area contributed by atoms with E-state index in [9.17, 15) is 14.7 Å². The maximum absolute atomic E-state index is 12.3. The molecule has 0 saturated heterocycles. The molecule has 0 spiro atoms. The molecule has 108 valence electrons. The van der Waals surface area contributed by atoms with E-state index >= 15 is 0 Å². The maximum Gasteiger partial charge on any atom is 0.175 e. The van der Waals surface area contributed by atoms with E-state index in [4.69, 9.17) is 23.2 Å². The van der Waals surface area contributed by atoms with Gasteiger partial charge in [0.2, 0.25) is 0 Å². The lowest BCUT2D eigenvalue weighted by Gasteiger charge is -2.19. The van der Waals surface area contributed by atoms with Crippen molar-refractivity contribution >= 4 is 40.5 Å². The molecule has 0 aliphatic carbocycles. The number of aliphatic hydroxyl groups is 1. The smallest absolute Gasteiger partial charge is 0.175 e. The minimum atomic E-state index is -0.784. The molecule has 0 saturated carbocycles. The third kappa shape index (κ3) is 3.62. The first kappa shape index (κ1) is 16.7. The summed E-state index contributed by atoms with van der Waals surface area (Å²) in [7, 11) is 0. The molecule has 0 aliphatic rings. The molecule has 1 aromatic carbocycles. The highest BCUT2D eigenvalue weighted by Crippen LogP contribution is 2.30. The number of carbonyl (C=O) groups is 2. The van der Waals surface area contributed by atoms with Gasteiger partial charge in [-0.15, -0.1) is 0 Å². The molecular weight excluding hydrogens is 299 g/mol. The molecule has 20 heavy (non-hydrogen) atoms. The van der Waals surface area contributed by atoms with E-state index in [0.29, 0.717) is 5.02 Å². The fraction of sp³-hybridized carbons (Fsp3) is 0.333. The van der Waals surface area contributed by atoms with Crippen molar-refractivity contribution in [2.75, 3.05) is 0 Å². The Bertz CT molecular complexity index is 596. The van der Waals surface area contributed by atoms with Crippen LogP contribution in [0.1, 0.15) is 33.3 Å². The van der Waals surface area contributed by atoms with Gasteiger partial charge in [0.05, 0.1) is 5.02 Å². The topological polar surface area (TPSA) is 54.4 Å². The van der Waals surface area contributed by atoms with Gasteiger partial charge in [0, 0.05) is 16.0 Å². The third-order valence-corrected chi connectivity index (χ3v) is 3.23. The standard InChI is InChI=1S/C15H16Cl2O3/c1-8(18)12(14(20)15(2,3)4)13(19)10-6-5-9(16)7-11(10)17/h5-7,19H,1-4H3. The zero-order chi connectivity index (χ0) is 15.7. The van der Waals surface area contributed by atoms with Crippen molar-refractivity contribution in [2.45, 2.75) is 27.7 Å². The fourth-order valence-corrected chi connectivity index (χ4v) is 2.12. The van der Waals surface area contributed by atoms with Gasteiger partial charge in [0.1, 0.15) is 11.3 Å². The Kier molecular flexibility index (Phi) is 5.00. The molecular formula is C15H16Cl2O3. The summed E-state index contributed by atoms with van der Waals surface area (Å²) in [6.45, 7) is 6.26. The molecule has 1 N–H and O–H groups in total. The Morgan fingerprint density at radius 1 is 1.15 bits per heavy atom. The summed E-state index contributed by atoms with van der Waals surface area (Å²) in [4.78, 5) is 24.0. The van der Waals surface area contributed by atoms with E-state index in [-0.39, 0.29) is 16.2 Å². The number of allylic oxidation sites excluding steroid dienone is 1. The summed E-state index contributed by atoms with van der Waals surface area (Å²) in [5.74, 6) is -1.36. The van der Waals surface area contributed by atoms with Gasteiger partial charge in [0.15, 0.2) is 11.6 Å². The SMILES string of the molecule is CC(=O)C(C(=O)C(C)(C)C)=C(O)c1ccc(Cl)cc1Cl. The van der Waals surface area contributed by atoms with Crippen LogP contribution in [0.15, 0.2) is 23.8 Å². The van der Waals surface area contributed by atoms with E-state index in [1.165, 1.54) is 25.1 Å². The van der Waals surface area contributed by atoms with Gasteiger partial charge in [0.25, 0.3) is 0 Å². The molecule has 0 aromatic heterocycles. The van der Waals surface area contributed by atoms with Crippen molar-refractivity contribution in [1.82, 2.24) is 0 Å². The average molecular weight is 315 g/mol. The zero-order valence-electron chi connectivity index (χ0n) is 11.8. The van der Waals surface area contributed by atoms with Gasteiger partial charge in [-0.3, -0.25) is 9.59 Å². The molecule has 1 rings (SSSR count). The number of carbonyl (C=O) groups excluding carboxylic acids is 2. The quantitative estimate of drug-likeness (QED) is 0.387. The van der Waals surface area contributed by atoms with Crippen molar-refractivity contribution in [3.63, 3.8) is 0 Å². The van der Waals surface area contributed by atoms with Gasteiger partial charge in [-0.1, -0.05) is 44.0 Å². The summed E-state index contributed by atoms with van der Waals surface area (Å²) in [5, 5.41) is 10.8. The first-order chi connectivity index (χ1) is 9.05. The van der Waals surface area contributed by atoms with Crippen LogP contribution in [-0.2, 0) is 9.59 Å². The van der Waals surface area contributed by atoms with Crippen LogP contribution < -0.4 is 0 Å². The zero-order valence-corrected chi connectivity index (χ0v) is 13.3. The number of ketones is 2. The Morgan fingerprint density at radius 2 is 1.70 bits per heavy atom. The van der Waals surface area contributed by atoms with E-state index in [0.717, 1.165) is 0 Å². The predicted octanol–water partition coefficient (Wildman–Crippen LogP) is 4.47. The highest BCUT2D eigenvalue weighted by Gasteiger charge is 2.31. The Hall–Kier alpha value is -1.32. The normalized spacial score (nSPS) is 12.9. The number of hydrogen-bond acceptors (Lipinski definition) is 3. The molecule has 0 heterocycles. The molecule has 0 bridgehead atoms. The first-order valence-electron chi connectivity index (χ1n) is 6.00. The van der Waals surface area contributed by atoms with Crippen molar-refractivity contribution < 1.29 is 14.7 Å². The number of Topliss-reactive ketones (excluding diaryl/α,β-unsaturated/α-hetero) is 2. The fourth-order valence-electron chi connectivity index (χ4n) is 1.63. The van der Waals surface area contributed by atoms with Crippen molar-refractivity contribution in [2.24, 2.45) is 5.41 Å². The first-order valence-corrected chi connectivity index (χ1v) is 6.75. The second kappa shape index (κ2) is 5.98. The third-order valence-electron chi connectivity index (χ3n) is 2.68. The minimum absolute atomic E-state index is 0.176. The van der Waals surface area contributed by atoms with Crippen LogP contribution in [0.3, 0.4) is 0 Å². The molecule has 1 aromatic rings. The molecule has 0 radical (unpaired) electrons. The average Bonchev–Trinajstić information content (AvgIpc) is 2.26. The summed E-state index contributed by atoms with van der Waals surface area (Å²) < 4.78 is 0. The van der Waals surface area contributed by atoms with Crippen LogP contribution in [0, 0.1) is 5.41 Å². The van der Waals surface area contributed by atoms with Crippen LogP contribution in [0.2, 0.25) is 10.0 Å². The molecule has 3 nitrogen and oxygen atoms in total. The lowest BCUT2D eigenvalue weighted by atomic mass is 9.84. The van der Waals surface area contributed by atoms with E-state index in [1.807, 2.05) is 0 Å². The summed E-state index contributed by atoms with van der Waals surface area (Å²) in [6.07, 6.45) is 0. The Balaban J connectivity index is 3.51. The van der Waals surface area contributed by atoms with E-state index < -0.39 is 22.7 Å². The number of aliphatic hydroxyl groups excluding tert-OH is 1. The predicted molar refractivity (Wildman–Crippen MR) is 81.2 cm³/mol. The molecule has 0 unspecified atom stereocenters. The largest absolute Gasteiger partial charge is 0.506 e. The van der Waals surface area contributed by atoms with Gasteiger partial charge in [-0.25, -0.2) is 0 Å². The number of halogens is 2. The van der Waals surface area contributed by atoms with Crippen molar-refractivity contribution in [1.29, 1.82) is 0 Å². The van der Waals surface area contributed by atoms with Gasteiger partial charge in [-0.05, 0) is 25.1 Å². The van der Waals surface area contributed by atoms with Crippen LogP contribution in [0.5, 0.6) is 0 Å². The number of rotatable bonds is 3. The highest BCUT2D eigenvalue weighted by atomic mass is 35.5. The number of benzene rings is 1. The van der Waals surface area contributed by atoms with Crippen LogP contribution in [-0.4, -0.2) is 16.7 Å². The minimum Gasteiger partial charge on any atom is -0.506 e. The number of hydrogen-bond donors (Lipinski definition) is 1. The molecule has 5 heteroatoms. The molecule has 0 fully saturated rings. The molecule has 0 amide bonds. The van der Waals surface area contributed by atoms with Crippen LogP contribution >= 0.6 is 23.2 Å². The summed E-state index contributed by atoms with van der Waals surface area (Å²) >= 11 is 11.8. The second-order valence-corrected chi connectivity index (χ2v) is 6.33. The monoisotopic (exact) mass is 314 g/mol. The van der Waals surface area contributed by atoms with Gasteiger partial charge in [-0.2, -0.15) is 0 Å². The van der Waals surface area contributed by atoms with Crippen molar-refractivity contribution in [3.05, 3.63) is 39.4 Å². The molecule has 0 atom stereocenters. The maximum atomic E-state index is 12.3. The Morgan fingerprint density at radius 3 is 2.10 bits per heavy atom. The van der Waals surface area contributed by atoms with Crippen LogP contribution in [0.25, 0.3) is 5.76 Å². The summed E-state index contributed by atoms with van der Waals surface area (Å²) in [6, 6.07) is 4.44.